The van der Waals surface area contributed by atoms with E-state index in [0.29, 0.717) is 10.6 Å². The molecule has 17 heavy (non-hydrogen) atoms. The molecule has 1 rings (SSSR count). The summed E-state index contributed by atoms with van der Waals surface area (Å²) < 4.78 is 0. The van der Waals surface area contributed by atoms with Gasteiger partial charge < -0.3 is 15.2 Å². The van der Waals surface area contributed by atoms with Crippen LogP contribution < -0.4 is 5.32 Å². The molecule has 0 saturated heterocycles. The Labute approximate surface area is 105 Å². The van der Waals surface area contributed by atoms with Crippen LogP contribution in [0.25, 0.3) is 0 Å². The summed E-state index contributed by atoms with van der Waals surface area (Å²) in [7, 11) is 0. The second-order valence-electron chi connectivity index (χ2n) is 3.84. The molecule has 4 nitrogen and oxygen atoms in total. The lowest BCUT2D eigenvalue weighted by atomic mass is 9.96. The van der Waals surface area contributed by atoms with Crippen LogP contribution in [-0.2, 0) is 9.59 Å². The van der Waals surface area contributed by atoms with Crippen molar-refractivity contribution in [2.45, 2.75) is 26.2 Å². The van der Waals surface area contributed by atoms with E-state index in [0.717, 1.165) is 6.29 Å². The van der Waals surface area contributed by atoms with Crippen molar-refractivity contribution in [2.24, 2.45) is 0 Å². The summed E-state index contributed by atoms with van der Waals surface area (Å²) in [5, 5.41) is 12.7. The number of halogens is 1. The standard InChI is InChI=1S/C12H14ClNO3/c1-7(5-6-15)11-9(13)3-4-10(17)12(11)14-8(2)16/h3-4,6-7,17H,5H2,1-2H3,(H,14,16). The van der Waals surface area contributed by atoms with Gasteiger partial charge in [-0.15, -0.1) is 0 Å². The zero-order chi connectivity index (χ0) is 13.0. The molecule has 0 aromatic heterocycles. The normalized spacial score (nSPS) is 11.9. The van der Waals surface area contributed by atoms with Crippen LogP contribution in [-0.4, -0.2) is 17.3 Å². The molecule has 1 atom stereocenters. The lowest BCUT2D eigenvalue weighted by Crippen LogP contribution is -2.10. The fourth-order valence-corrected chi connectivity index (χ4v) is 1.98. The first kappa shape index (κ1) is 13.5. The van der Waals surface area contributed by atoms with Gasteiger partial charge in [0.25, 0.3) is 0 Å². The summed E-state index contributed by atoms with van der Waals surface area (Å²) >= 11 is 6.04. The van der Waals surface area contributed by atoms with Crippen molar-refractivity contribution in [2.75, 3.05) is 5.32 Å². The third-order valence-corrected chi connectivity index (χ3v) is 2.74. The van der Waals surface area contributed by atoms with E-state index in [1.807, 2.05) is 0 Å². The minimum atomic E-state index is -0.304. The molecule has 0 saturated carbocycles. The fourth-order valence-electron chi connectivity index (χ4n) is 1.63. The van der Waals surface area contributed by atoms with Crippen molar-refractivity contribution < 1.29 is 14.7 Å². The van der Waals surface area contributed by atoms with E-state index in [1.54, 1.807) is 13.0 Å². The molecule has 0 aliphatic heterocycles. The number of aldehydes is 1. The Balaban J connectivity index is 3.28. The number of nitrogens with one attached hydrogen (secondary N) is 1. The third kappa shape index (κ3) is 3.20. The molecule has 0 aliphatic rings. The number of rotatable bonds is 4. The predicted octanol–water partition coefficient (Wildman–Crippen LogP) is 2.70. The van der Waals surface area contributed by atoms with Crippen molar-refractivity contribution in [1.82, 2.24) is 0 Å². The van der Waals surface area contributed by atoms with Crippen LogP contribution in [0.4, 0.5) is 5.69 Å². The molecular weight excluding hydrogens is 242 g/mol. The molecule has 2 N–H and O–H groups in total. The van der Waals surface area contributed by atoms with Crippen molar-refractivity contribution in [3.8, 4) is 5.75 Å². The second-order valence-corrected chi connectivity index (χ2v) is 4.25. The molecule has 1 unspecified atom stereocenters. The first-order chi connectivity index (χ1) is 7.97. The second kappa shape index (κ2) is 5.68. The molecule has 0 spiro atoms. The average Bonchev–Trinajstić information content (AvgIpc) is 2.23. The van der Waals surface area contributed by atoms with Gasteiger partial charge in [0.05, 0.1) is 5.69 Å². The van der Waals surface area contributed by atoms with Gasteiger partial charge >= 0.3 is 0 Å². The van der Waals surface area contributed by atoms with Crippen LogP contribution in [0.3, 0.4) is 0 Å². The Kier molecular flexibility index (Phi) is 4.52. The van der Waals surface area contributed by atoms with Crippen molar-refractivity contribution in [3.63, 3.8) is 0 Å². The summed E-state index contributed by atoms with van der Waals surface area (Å²) in [5.41, 5.74) is 0.855. The molecule has 0 radical (unpaired) electrons. The van der Waals surface area contributed by atoms with Gasteiger partial charge in [-0.3, -0.25) is 4.79 Å². The van der Waals surface area contributed by atoms with Gasteiger partial charge in [-0.05, 0) is 18.1 Å². The molecule has 0 aliphatic carbocycles. The molecular formula is C12H14ClNO3. The Morgan fingerprint density at radius 3 is 2.76 bits per heavy atom. The smallest absolute Gasteiger partial charge is 0.221 e. The number of amides is 1. The van der Waals surface area contributed by atoms with Gasteiger partial charge in [-0.1, -0.05) is 18.5 Å². The van der Waals surface area contributed by atoms with E-state index >= 15 is 0 Å². The van der Waals surface area contributed by atoms with Gasteiger partial charge in [0.1, 0.15) is 12.0 Å². The highest BCUT2D eigenvalue weighted by Crippen LogP contribution is 2.38. The number of phenols is 1. The minimum absolute atomic E-state index is 0.0580. The maximum absolute atomic E-state index is 11.1. The van der Waals surface area contributed by atoms with E-state index in [9.17, 15) is 14.7 Å². The van der Waals surface area contributed by atoms with Crippen LogP contribution >= 0.6 is 11.6 Å². The molecule has 92 valence electrons. The van der Waals surface area contributed by atoms with E-state index < -0.39 is 0 Å². The highest BCUT2D eigenvalue weighted by molar-refractivity contribution is 6.32. The Bertz CT molecular complexity index is 446. The van der Waals surface area contributed by atoms with E-state index in [1.165, 1.54) is 13.0 Å². The SMILES string of the molecule is CC(=O)Nc1c(O)ccc(Cl)c1C(C)CC=O. The monoisotopic (exact) mass is 255 g/mol. The van der Waals surface area contributed by atoms with Crippen LogP contribution in [0.5, 0.6) is 5.75 Å². The summed E-state index contributed by atoms with van der Waals surface area (Å²) in [5.74, 6) is -0.534. The largest absolute Gasteiger partial charge is 0.506 e. The quantitative estimate of drug-likeness (QED) is 0.642. The number of phenolic OH excluding ortho intramolecular Hbond substituents is 1. The zero-order valence-corrected chi connectivity index (χ0v) is 10.4. The Morgan fingerprint density at radius 1 is 1.59 bits per heavy atom. The van der Waals surface area contributed by atoms with Crippen molar-refractivity contribution >= 4 is 29.5 Å². The van der Waals surface area contributed by atoms with E-state index in [-0.39, 0.29) is 29.7 Å². The zero-order valence-electron chi connectivity index (χ0n) is 9.66. The van der Waals surface area contributed by atoms with Crippen molar-refractivity contribution in [1.29, 1.82) is 0 Å². The Hall–Kier alpha value is -1.55. The number of carbonyl (C=O) groups excluding carboxylic acids is 2. The van der Waals surface area contributed by atoms with Crippen molar-refractivity contribution in [3.05, 3.63) is 22.7 Å². The topological polar surface area (TPSA) is 66.4 Å². The lowest BCUT2D eigenvalue weighted by molar-refractivity contribution is -0.114. The molecule has 0 bridgehead atoms. The molecule has 0 fully saturated rings. The number of benzene rings is 1. The van der Waals surface area contributed by atoms with E-state index in [2.05, 4.69) is 5.32 Å². The highest BCUT2D eigenvalue weighted by atomic mass is 35.5. The van der Waals surface area contributed by atoms with Crippen LogP contribution in [0.1, 0.15) is 31.7 Å². The van der Waals surface area contributed by atoms with Gasteiger partial charge in [0.15, 0.2) is 0 Å². The fraction of sp³-hybridized carbons (Fsp3) is 0.333. The number of anilines is 1. The summed E-state index contributed by atoms with van der Waals surface area (Å²) in [6, 6.07) is 2.95. The first-order valence-corrected chi connectivity index (χ1v) is 5.57. The van der Waals surface area contributed by atoms with Crippen LogP contribution in [0.15, 0.2) is 12.1 Å². The van der Waals surface area contributed by atoms with Gasteiger partial charge in [0.2, 0.25) is 5.91 Å². The maximum Gasteiger partial charge on any atom is 0.221 e. The average molecular weight is 256 g/mol. The highest BCUT2D eigenvalue weighted by Gasteiger charge is 2.18. The maximum atomic E-state index is 11.1. The number of aromatic hydroxyl groups is 1. The summed E-state index contributed by atoms with van der Waals surface area (Å²) in [6.07, 6.45) is 1.05. The van der Waals surface area contributed by atoms with Crippen LogP contribution in [0.2, 0.25) is 5.02 Å². The number of hydrogen-bond acceptors (Lipinski definition) is 3. The number of carbonyl (C=O) groups is 2. The van der Waals surface area contributed by atoms with E-state index in [4.69, 9.17) is 11.6 Å². The Morgan fingerprint density at radius 2 is 2.24 bits per heavy atom. The molecule has 5 heteroatoms. The van der Waals surface area contributed by atoms with Gasteiger partial charge in [-0.2, -0.15) is 0 Å². The summed E-state index contributed by atoms with van der Waals surface area (Å²) in [6.45, 7) is 3.15. The van der Waals surface area contributed by atoms with Crippen LogP contribution in [0, 0.1) is 0 Å². The predicted molar refractivity (Wildman–Crippen MR) is 66.5 cm³/mol. The van der Waals surface area contributed by atoms with Gasteiger partial charge in [0, 0.05) is 23.9 Å². The first-order valence-electron chi connectivity index (χ1n) is 5.20. The summed E-state index contributed by atoms with van der Waals surface area (Å²) in [4.78, 5) is 21.6. The van der Waals surface area contributed by atoms with Gasteiger partial charge in [-0.25, -0.2) is 0 Å². The molecule has 0 heterocycles. The molecule has 1 aromatic carbocycles. The minimum Gasteiger partial charge on any atom is -0.506 e. The lowest BCUT2D eigenvalue weighted by Gasteiger charge is -2.17. The third-order valence-electron chi connectivity index (χ3n) is 2.41. The molecule has 1 amide bonds. The molecule has 1 aromatic rings. The number of hydrogen-bond donors (Lipinski definition) is 2.